The Morgan fingerprint density at radius 3 is 2.45 bits per heavy atom. The number of anilines is 1. The number of nitrogens with one attached hydrogen (secondary N) is 1. The van der Waals surface area contributed by atoms with Gasteiger partial charge in [-0.25, -0.2) is 9.67 Å². The summed E-state index contributed by atoms with van der Waals surface area (Å²) in [5, 5.41) is 9.93. The third-order valence-electron chi connectivity index (χ3n) is 3.23. The summed E-state index contributed by atoms with van der Waals surface area (Å²) in [6.45, 7) is 5.86. The van der Waals surface area contributed by atoms with Crippen molar-refractivity contribution in [3.63, 3.8) is 0 Å². The predicted molar refractivity (Wildman–Crippen MR) is 87.8 cm³/mol. The van der Waals surface area contributed by atoms with E-state index in [1.165, 1.54) is 11.3 Å². The summed E-state index contributed by atoms with van der Waals surface area (Å²) < 4.78 is 1.88. The molecule has 3 rings (SSSR count). The standard InChI is InChI=1S/C16H16N4OS/c1-10-8-11(2)20(19-10)14-6-4-13(5-7-14)18-16(21)15-9-22-12(3)17-15/h4-9H,1-3H3,(H,18,21). The van der Waals surface area contributed by atoms with Crippen LogP contribution in [0.2, 0.25) is 0 Å². The van der Waals surface area contributed by atoms with Crippen molar-refractivity contribution in [1.29, 1.82) is 0 Å². The fraction of sp³-hybridized carbons (Fsp3) is 0.188. The van der Waals surface area contributed by atoms with Crippen LogP contribution in [-0.4, -0.2) is 20.7 Å². The van der Waals surface area contributed by atoms with E-state index in [9.17, 15) is 4.79 Å². The van der Waals surface area contributed by atoms with E-state index >= 15 is 0 Å². The minimum Gasteiger partial charge on any atom is -0.321 e. The van der Waals surface area contributed by atoms with Crippen LogP contribution in [0.15, 0.2) is 35.7 Å². The number of benzene rings is 1. The van der Waals surface area contributed by atoms with Gasteiger partial charge < -0.3 is 5.32 Å². The van der Waals surface area contributed by atoms with E-state index in [1.807, 2.05) is 55.8 Å². The van der Waals surface area contributed by atoms with Crippen molar-refractivity contribution < 1.29 is 4.79 Å². The van der Waals surface area contributed by atoms with Crippen LogP contribution >= 0.6 is 11.3 Å². The topological polar surface area (TPSA) is 59.8 Å². The number of carbonyl (C=O) groups excluding carboxylic acids is 1. The number of aryl methyl sites for hydroxylation is 3. The normalized spacial score (nSPS) is 10.7. The second-order valence-electron chi connectivity index (χ2n) is 5.09. The lowest BCUT2D eigenvalue weighted by Crippen LogP contribution is -2.12. The van der Waals surface area contributed by atoms with E-state index < -0.39 is 0 Å². The van der Waals surface area contributed by atoms with Crippen LogP contribution < -0.4 is 5.32 Å². The number of hydrogen-bond acceptors (Lipinski definition) is 4. The van der Waals surface area contributed by atoms with Gasteiger partial charge in [0.25, 0.3) is 5.91 Å². The van der Waals surface area contributed by atoms with Gasteiger partial charge in [0.05, 0.1) is 16.4 Å². The average Bonchev–Trinajstić information content (AvgIpc) is 3.05. The lowest BCUT2D eigenvalue weighted by atomic mass is 10.2. The van der Waals surface area contributed by atoms with Crippen molar-refractivity contribution in [3.8, 4) is 5.69 Å². The zero-order chi connectivity index (χ0) is 15.7. The van der Waals surface area contributed by atoms with Gasteiger partial charge in [-0.3, -0.25) is 4.79 Å². The first-order valence-electron chi connectivity index (χ1n) is 6.90. The van der Waals surface area contributed by atoms with Gasteiger partial charge in [-0.15, -0.1) is 11.3 Å². The van der Waals surface area contributed by atoms with Gasteiger partial charge in [0.2, 0.25) is 0 Å². The number of rotatable bonds is 3. The highest BCUT2D eigenvalue weighted by Crippen LogP contribution is 2.17. The van der Waals surface area contributed by atoms with E-state index in [0.717, 1.165) is 27.8 Å². The van der Waals surface area contributed by atoms with Crippen molar-refractivity contribution in [2.75, 3.05) is 5.32 Å². The molecule has 0 atom stereocenters. The Labute approximate surface area is 132 Å². The van der Waals surface area contributed by atoms with Gasteiger partial charge in [-0.2, -0.15) is 5.10 Å². The molecule has 0 unspecified atom stereocenters. The second kappa shape index (κ2) is 5.73. The molecule has 0 fully saturated rings. The number of amides is 1. The van der Waals surface area contributed by atoms with Crippen LogP contribution in [0.1, 0.15) is 26.9 Å². The highest BCUT2D eigenvalue weighted by atomic mass is 32.1. The summed E-state index contributed by atoms with van der Waals surface area (Å²) >= 11 is 1.46. The number of nitrogens with zero attached hydrogens (tertiary/aromatic N) is 3. The van der Waals surface area contributed by atoms with Crippen LogP contribution in [0.3, 0.4) is 0 Å². The molecule has 112 valence electrons. The van der Waals surface area contributed by atoms with Crippen molar-refractivity contribution in [2.24, 2.45) is 0 Å². The van der Waals surface area contributed by atoms with Crippen molar-refractivity contribution >= 4 is 22.9 Å². The van der Waals surface area contributed by atoms with Crippen LogP contribution in [-0.2, 0) is 0 Å². The van der Waals surface area contributed by atoms with Gasteiger partial charge >= 0.3 is 0 Å². The molecule has 0 saturated carbocycles. The number of aromatic nitrogens is 3. The molecular weight excluding hydrogens is 296 g/mol. The molecule has 5 nitrogen and oxygen atoms in total. The molecule has 0 aliphatic heterocycles. The Morgan fingerprint density at radius 2 is 1.91 bits per heavy atom. The minimum atomic E-state index is -0.191. The predicted octanol–water partition coefficient (Wildman–Crippen LogP) is 3.51. The van der Waals surface area contributed by atoms with E-state index in [-0.39, 0.29) is 5.91 Å². The third-order valence-corrected chi connectivity index (χ3v) is 4.00. The summed E-state index contributed by atoms with van der Waals surface area (Å²) in [4.78, 5) is 16.2. The Balaban J connectivity index is 1.77. The van der Waals surface area contributed by atoms with E-state index in [4.69, 9.17) is 0 Å². The van der Waals surface area contributed by atoms with Crippen LogP contribution in [0.5, 0.6) is 0 Å². The summed E-state index contributed by atoms with van der Waals surface area (Å²) in [7, 11) is 0. The third kappa shape index (κ3) is 2.92. The fourth-order valence-corrected chi connectivity index (χ4v) is 2.83. The molecule has 0 aliphatic carbocycles. The second-order valence-corrected chi connectivity index (χ2v) is 6.15. The Bertz CT molecular complexity index is 817. The quantitative estimate of drug-likeness (QED) is 0.805. The molecule has 2 heterocycles. The van der Waals surface area contributed by atoms with Gasteiger partial charge in [0.1, 0.15) is 5.69 Å². The lowest BCUT2D eigenvalue weighted by Gasteiger charge is -2.07. The number of thiazole rings is 1. The van der Waals surface area contributed by atoms with Gasteiger partial charge in [0.15, 0.2) is 0 Å². The molecule has 0 bridgehead atoms. The Kier molecular flexibility index (Phi) is 3.77. The van der Waals surface area contributed by atoms with Gasteiger partial charge in [-0.1, -0.05) is 0 Å². The molecule has 1 amide bonds. The lowest BCUT2D eigenvalue weighted by molar-refractivity contribution is 0.102. The van der Waals surface area contributed by atoms with Gasteiger partial charge in [-0.05, 0) is 51.1 Å². The molecule has 1 aromatic carbocycles. The van der Waals surface area contributed by atoms with Gasteiger partial charge in [0, 0.05) is 16.8 Å². The highest BCUT2D eigenvalue weighted by Gasteiger charge is 2.10. The van der Waals surface area contributed by atoms with E-state index in [0.29, 0.717) is 5.69 Å². The molecule has 0 radical (unpaired) electrons. The zero-order valence-corrected chi connectivity index (χ0v) is 13.4. The first-order valence-corrected chi connectivity index (χ1v) is 7.78. The van der Waals surface area contributed by atoms with Crippen LogP contribution in [0.25, 0.3) is 5.69 Å². The first kappa shape index (κ1) is 14.5. The molecule has 0 saturated heterocycles. The molecule has 0 spiro atoms. The van der Waals surface area contributed by atoms with E-state index in [1.54, 1.807) is 5.38 Å². The minimum absolute atomic E-state index is 0.191. The number of hydrogen-bond donors (Lipinski definition) is 1. The molecule has 0 aliphatic rings. The molecule has 6 heteroatoms. The number of carbonyl (C=O) groups is 1. The fourth-order valence-electron chi connectivity index (χ4n) is 2.24. The Morgan fingerprint density at radius 1 is 1.18 bits per heavy atom. The largest absolute Gasteiger partial charge is 0.321 e. The van der Waals surface area contributed by atoms with Crippen molar-refractivity contribution in [2.45, 2.75) is 20.8 Å². The Hall–Kier alpha value is -2.47. The SMILES string of the molecule is Cc1cc(C)n(-c2ccc(NC(=O)c3csc(C)n3)cc2)n1. The summed E-state index contributed by atoms with van der Waals surface area (Å²) in [6.07, 6.45) is 0. The van der Waals surface area contributed by atoms with E-state index in [2.05, 4.69) is 15.4 Å². The van der Waals surface area contributed by atoms with Crippen LogP contribution in [0, 0.1) is 20.8 Å². The smallest absolute Gasteiger partial charge is 0.275 e. The molecule has 1 N–H and O–H groups in total. The first-order chi connectivity index (χ1) is 10.5. The monoisotopic (exact) mass is 312 g/mol. The maximum Gasteiger partial charge on any atom is 0.275 e. The van der Waals surface area contributed by atoms with Crippen LogP contribution in [0.4, 0.5) is 5.69 Å². The summed E-state index contributed by atoms with van der Waals surface area (Å²) in [5.41, 5.74) is 4.21. The average molecular weight is 312 g/mol. The maximum atomic E-state index is 12.1. The zero-order valence-electron chi connectivity index (χ0n) is 12.6. The highest BCUT2D eigenvalue weighted by molar-refractivity contribution is 7.09. The molecule has 3 aromatic rings. The molecule has 2 aromatic heterocycles. The van der Waals surface area contributed by atoms with Crippen molar-refractivity contribution in [3.05, 3.63) is 57.8 Å². The molecule has 22 heavy (non-hydrogen) atoms. The molecular formula is C16H16N4OS. The van der Waals surface area contributed by atoms with Crippen molar-refractivity contribution in [1.82, 2.24) is 14.8 Å². The summed E-state index contributed by atoms with van der Waals surface area (Å²) in [5.74, 6) is -0.191. The summed E-state index contributed by atoms with van der Waals surface area (Å²) in [6, 6.07) is 9.62. The maximum absolute atomic E-state index is 12.1.